The molecule has 1 amide bonds. The molecule has 1 atom stereocenters. The zero-order valence-corrected chi connectivity index (χ0v) is 15.0. The number of likely N-dealkylation sites (tertiary alicyclic amines) is 1. The Labute approximate surface area is 144 Å². The Morgan fingerprint density at radius 1 is 1.29 bits per heavy atom. The number of nitrogens with zero attached hydrogens (tertiary/aromatic N) is 5. The van der Waals surface area contributed by atoms with Gasteiger partial charge in [0.1, 0.15) is 18.3 Å². The molecule has 24 heavy (non-hydrogen) atoms. The van der Waals surface area contributed by atoms with Gasteiger partial charge in [-0.2, -0.15) is 5.10 Å². The lowest BCUT2D eigenvalue weighted by Gasteiger charge is -2.40. The van der Waals surface area contributed by atoms with Crippen LogP contribution in [-0.4, -0.2) is 68.5 Å². The van der Waals surface area contributed by atoms with Gasteiger partial charge in [-0.3, -0.25) is 9.58 Å². The Morgan fingerprint density at radius 2 is 2.04 bits per heavy atom. The van der Waals surface area contributed by atoms with Gasteiger partial charge in [-0.05, 0) is 19.3 Å². The molecule has 0 aromatic carbocycles. The van der Waals surface area contributed by atoms with Crippen LogP contribution in [0.1, 0.15) is 40.0 Å². The molecule has 0 radical (unpaired) electrons. The van der Waals surface area contributed by atoms with E-state index in [1.165, 1.54) is 0 Å². The summed E-state index contributed by atoms with van der Waals surface area (Å²) in [5.41, 5.74) is -0.266. The number of aromatic nitrogens is 3. The average molecular weight is 335 g/mol. The number of hydrogen-bond acceptors (Lipinski definition) is 5. The lowest BCUT2D eigenvalue weighted by Crippen LogP contribution is -2.50. The number of piperidine rings is 1. The molecule has 0 N–H and O–H groups in total. The van der Waals surface area contributed by atoms with Gasteiger partial charge in [-0.25, -0.2) is 9.78 Å². The van der Waals surface area contributed by atoms with E-state index < -0.39 is 0 Å². The average Bonchev–Trinajstić information content (AvgIpc) is 3.14. The van der Waals surface area contributed by atoms with Gasteiger partial charge in [0.15, 0.2) is 0 Å². The number of ether oxygens (including phenoxy) is 1. The van der Waals surface area contributed by atoms with Crippen molar-refractivity contribution in [3.8, 4) is 0 Å². The molecule has 2 aliphatic heterocycles. The smallest absolute Gasteiger partial charge is 0.410 e. The summed E-state index contributed by atoms with van der Waals surface area (Å²) in [6.45, 7) is 10.9. The van der Waals surface area contributed by atoms with Crippen molar-refractivity contribution in [3.63, 3.8) is 0 Å². The van der Waals surface area contributed by atoms with Crippen molar-refractivity contribution in [3.05, 3.63) is 12.7 Å². The number of rotatable bonds is 6. The molecule has 134 valence electrons. The third-order valence-electron chi connectivity index (χ3n) is 5.27. The lowest BCUT2D eigenvalue weighted by molar-refractivity contribution is -0.0102. The summed E-state index contributed by atoms with van der Waals surface area (Å²) < 4.78 is 7.67. The molecular weight excluding hydrogens is 306 g/mol. The molecule has 0 bridgehead atoms. The SMILES string of the molecule is CC(C)CCN1CC2(CCN([C@H](C)Cn3cncn3)CC2)OC1=O. The largest absolute Gasteiger partial charge is 0.441 e. The van der Waals surface area contributed by atoms with Crippen LogP contribution in [0.3, 0.4) is 0 Å². The van der Waals surface area contributed by atoms with E-state index in [9.17, 15) is 4.79 Å². The summed E-state index contributed by atoms with van der Waals surface area (Å²) >= 11 is 0. The van der Waals surface area contributed by atoms with Crippen LogP contribution in [-0.2, 0) is 11.3 Å². The van der Waals surface area contributed by atoms with Crippen molar-refractivity contribution in [2.45, 2.75) is 58.2 Å². The van der Waals surface area contributed by atoms with Crippen molar-refractivity contribution in [1.29, 1.82) is 0 Å². The minimum absolute atomic E-state index is 0.125. The maximum atomic E-state index is 12.2. The zero-order chi connectivity index (χ0) is 17.2. The van der Waals surface area contributed by atoms with Crippen LogP contribution in [0.5, 0.6) is 0 Å². The van der Waals surface area contributed by atoms with E-state index in [4.69, 9.17) is 4.74 Å². The van der Waals surface area contributed by atoms with Gasteiger partial charge in [0.25, 0.3) is 0 Å². The second-order valence-corrected chi connectivity index (χ2v) is 7.66. The summed E-state index contributed by atoms with van der Waals surface area (Å²) in [5, 5.41) is 4.18. The molecule has 0 unspecified atom stereocenters. The first-order valence-electron chi connectivity index (χ1n) is 9.02. The highest BCUT2D eigenvalue weighted by Gasteiger charge is 2.47. The number of carbonyl (C=O) groups excluding carboxylic acids is 1. The topological polar surface area (TPSA) is 63.5 Å². The third-order valence-corrected chi connectivity index (χ3v) is 5.27. The minimum Gasteiger partial charge on any atom is -0.441 e. The van der Waals surface area contributed by atoms with Crippen molar-refractivity contribution >= 4 is 6.09 Å². The molecule has 2 aliphatic rings. The van der Waals surface area contributed by atoms with E-state index in [1.54, 1.807) is 12.7 Å². The van der Waals surface area contributed by atoms with Crippen LogP contribution in [0.2, 0.25) is 0 Å². The molecule has 0 saturated carbocycles. The summed E-state index contributed by atoms with van der Waals surface area (Å²) in [6, 6.07) is 0.401. The van der Waals surface area contributed by atoms with Crippen LogP contribution in [0, 0.1) is 5.92 Å². The first kappa shape index (κ1) is 17.2. The number of carbonyl (C=O) groups is 1. The lowest BCUT2D eigenvalue weighted by atomic mass is 9.90. The van der Waals surface area contributed by atoms with Gasteiger partial charge >= 0.3 is 6.09 Å². The predicted molar refractivity (Wildman–Crippen MR) is 90.5 cm³/mol. The summed E-state index contributed by atoms with van der Waals surface area (Å²) in [4.78, 5) is 20.5. The van der Waals surface area contributed by atoms with E-state index in [0.717, 1.165) is 52.0 Å². The highest BCUT2D eigenvalue weighted by molar-refractivity contribution is 5.70. The first-order valence-corrected chi connectivity index (χ1v) is 9.02. The first-order chi connectivity index (χ1) is 11.5. The standard InChI is InChI=1S/C17H29N5O2/c1-14(2)4-7-21-11-17(24-16(21)23)5-8-20(9-6-17)15(3)10-22-13-18-12-19-22/h12-15H,4-11H2,1-3H3/t15-/m1/s1. The van der Waals surface area contributed by atoms with Crippen LogP contribution < -0.4 is 0 Å². The van der Waals surface area contributed by atoms with Crippen LogP contribution in [0.25, 0.3) is 0 Å². The zero-order valence-electron chi connectivity index (χ0n) is 15.0. The van der Waals surface area contributed by atoms with Gasteiger partial charge < -0.3 is 9.64 Å². The molecule has 1 spiro atoms. The highest BCUT2D eigenvalue weighted by atomic mass is 16.6. The van der Waals surface area contributed by atoms with E-state index in [0.29, 0.717) is 12.0 Å². The maximum absolute atomic E-state index is 12.2. The van der Waals surface area contributed by atoms with Gasteiger partial charge in [-0.1, -0.05) is 13.8 Å². The van der Waals surface area contributed by atoms with Gasteiger partial charge in [-0.15, -0.1) is 0 Å². The second-order valence-electron chi connectivity index (χ2n) is 7.66. The van der Waals surface area contributed by atoms with E-state index in [1.807, 2.05) is 9.58 Å². The van der Waals surface area contributed by atoms with Crippen LogP contribution in [0.15, 0.2) is 12.7 Å². The summed E-state index contributed by atoms with van der Waals surface area (Å²) in [6.07, 6.45) is 6.07. The Kier molecular flexibility index (Phi) is 5.08. The maximum Gasteiger partial charge on any atom is 0.410 e. The molecule has 3 rings (SSSR count). The van der Waals surface area contributed by atoms with Crippen molar-refractivity contribution in [1.82, 2.24) is 24.6 Å². The highest BCUT2D eigenvalue weighted by Crippen LogP contribution is 2.34. The predicted octanol–water partition coefficient (Wildman–Crippen LogP) is 2.00. The molecule has 3 heterocycles. The van der Waals surface area contributed by atoms with Gasteiger partial charge in [0, 0.05) is 38.5 Å². The third kappa shape index (κ3) is 3.88. The molecule has 7 nitrogen and oxygen atoms in total. The van der Waals surface area contributed by atoms with Gasteiger partial charge in [0.05, 0.1) is 13.1 Å². The fraction of sp³-hybridized carbons (Fsp3) is 0.824. The van der Waals surface area contributed by atoms with Crippen LogP contribution in [0.4, 0.5) is 4.79 Å². The molecule has 1 aromatic rings. The van der Waals surface area contributed by atoms with Crippen molar-refractivity contribution in [2.24, 2.45) is 5.92 Å². The number of amides is 1. The molecule has 0 aliphatic carbocycles. The number of hydrogen-bond donors (Lipinski definition) is 0. The summed E-state index contributed by atoms with van der Waals surface area (Å²) in [7, 11) is 0. The molecule has 1 aromatic heterocycles. The van der Waals surface area contributed by atoms with Gasteiger partial charge in [0.2, 0.25) is 0 Å². The van der Waals surface area contributed by atoms with Crippen LogP contribution >= 0.6 is 0 Å². The Bertz CT molecular complexity index is 537. The van der Waals surface area contributed by atoms with Crippen molar-refractivity contribution < 1.29 is 9.53 Å². The molecule has 2 fully saturated rings. The monoisotopic (exact) mass is 335 g/mol. The molecule has 2 saturated heterocycles. The Morgan fingerprint density at radius 3 is 2.67 bits per heavy atom. The summed E-state index contributed by atoms with van der Waals surface area (Å²) in [5.74, 6) is 0.605. The normalized spacial score (nSPS) is 22.3. The van der Waals surface area contributed by atoms with E-state index in [-0.39, 0.29) is 11.7 Å². The molecule has 7 heteroatoms. The van der Waals surface area contributed by atoms with E-state index in [2.05, 4.69) is 35.8 Å². The fourth-order valence-corrected chi connectivity index (χ4v) is 3.62. The minimum atomic E-state index is -0.266. The second kappa shape index (κ2) is 7.09. The molecular formula is C17H29N5O2. The quantitative estimate of drug-likeness (QED) is 0.796. The fourth-order valence-electron chi connectivity index (χ4n) is 3.62. The Balaban J connectivity index is 1.50. The van der Waals surface area contributed by atoms with E-state index >= 15 is 0 Å². The van der Waals surface area contributed by atoms with Crippen molar-refractivity contribution in [2.75, 3.05) is 26.2 Å². The Hall–Kier alpha value is -1.63.